The largest absolute Gasteiger partial charge is 0.468 e. The van der Waals surface area contributed by atoms with E-state index in [9.17, 15) is 4.79 Å². The highest BCUT2D eigenvalue weighted by atomic mass is 16.5. The first kappa shape index (κ1) is 11.1. The normalized spacial score (nSPS) is 18.9. The molecule has 4 heteroatoms. The summed E-state index contributed by atoms with van der Waals surface area (Å²) in [6.45, 7) is 0.247. The van der Waals surface area contributed by atoms with E-state index in [4.69, 9.17) is 0 Å². The number of pyridine rings is 1. The standard InChI is InChI=1S/C12H16N2O2/c1-16-11(15)8-14-10-6-2-4-9-5-3-7-13-12(9)10/h3,5,7,10,14H,2,4,6,8H2,1H3. The van der Waals surface area contributed by atoms with E-state index in [1.807, 2.05) is 6.07 Å². The van der Waals surface area contributed by atoms with Gasteiger partial charge in [-0.1, -0.05) is 6.07 Å². The summed E-state index contributed by atoms with van der Waals surface area (Å²) in [7, 11) is 1.40. The molecule has 1 aromatic heterocycles. The minimum absolute atomic E-state index is 0.184. The molecule has 0 saturated heterocycles. The van der Waals surface area contributed by atoms with Crippen LogP contribution in [0.25, 0.3) is 0 Å². The molecule has 0 saturated carbocycles. The summed E-state index contributed by atoms with van der Waals surface area (Å²) in [6.07, 6.45) is 5.05. The molecule has 0 amide bonds. The van der Waals surface area contributed by atoms with Gasteiger partial charge >= 0.3 is 5.97 Å². The molecule has 1 aliphatic rings. The van der Waals surface area contributed by atoms with E-state index in [0.717, 1.165) is 25.0 Å². The third kappa shape index (κ3) is 2.39. The van der Waals surface area contributed by atoms with Crippen LogP contribution in [0.3, 0.4) is 0 Å². The molecule has 1 unspecified atom stereocenters. The zero-order valence-corrected chi connectivity index (χ0v) is 9.40. The molecule has 0 fully saturated rings. The van der Waals surface area contributed by atoms with Crippen molar-refractivity contribution in [3.05, 3.63) is 29.6 Å². The third-order valence-corrected chi connectivity index (χ3v) is 2.92. The highest BCUT2D eigenvalue weighted by molar-refractivity contribution is 5.71. The fourth-order valence-electron chi connectivity index (χ4n) is 2.09. The summed E-state index contributed by atoms with van der Waals surface area (Å²) < 4.78 is 4.61. The van der Waals surface area contributed by atoms with Crippen molar-refractivity contribution in [2.24, 2.45) is 0 Å². The number of fused-ring (bicyclic) bond motifs is 1. The summed E-state index contributed by atoms with van der Waals surface area (Å²) in [5, 5.41) is 3.19. The Labute approximate surface area is 95.0 Å². The van der Waals surface area contributed by atoms with Crippen LogP contribution in [0.2, 0.25) is 0 Å². The van der Waals surface area contributed by atoms with E-state index in [1.54, 1.807) is 6.20 Å². The molecule has 1 N–H and O–H groups in total. The molecule has 86 valence electrons. The lowest BCUT2D eigenvalue weighted by atomic mass is 9.92. The zero-order chi connectivity index (χ0) is 11.4. The Balaban J connectivity index is 2.04. The van der Waals surface area contributed by atoms with E-state index in [2.05, 4.69) is 21.1 Å². The van der Waals surface area contributed by atoms with E-state index in [-0.39, 0.29) is 18.6 Å². The molecule has 1 heterocycles. The Morgan fingerprint density at radius 3 is 3.38 bits per heavy atom. The lowest BCUT2D eigenvalue weighted by Gasteiger charge is -2.24. The summed E-state index contributed by atoms with van der Waals surface area (Å²) >= 11 is 0. The molecule has 0 bridgehead atoms. The number of ether oxygens (including phenoxy) is 1. The maximum Gasteiger partial charge on any atom is 0.319 e. The monoisotopic (exact) mass is 220 g/mol. The quantitative estimate of drug-likeness (QED) is 0.778. The van der Waals surface area contributed by atoms with Gasteiger partial charge in [-0.05, 0) is 30.9 Å². The number of esters is 1. The fourth-order valence-corrected chi connectivity index (χ4v) is 2.09. The number of carbonyl (C=O) groups excluding carboxylic acids is 1. The molecule has 0 aromatic carbocycles. The second-order valence-electron chi connectivity index (χ2n) is 3.95. The predicted molar refractivity (Wildman–Crippen MR) is 59.9 cm³/mol. The number of aryl methyl sites for hydroxylation is 1. The molecule has 1 aromatic rings. The van der Waals surface area contributed by atoms with Crippen molar-refractivity contribution in [3.8, 4) is 0 Å². The number of nitrogens with zero attached hydrogens (tertiary/aromatic N) is 1. The Morgan fingerprint density at radius 2 is 2.56 bits per heavy atom. The van der Waals surface area contributed by atoms with Gasteiger partial charge in [0.1, 0.15) is 0 Å². The maximum atomic E-state index is 11.1. The van der Waals surface area contributed by atoms with E-state index >= 15 is 0 Å². The summed E-state index contributed by atoms with van der Waals surface area (Å²) in [5.41, 5.74) is 2.37. The van der Waals surface area contributed by atoms with Gasteiger partial charge in [-0.25, -0.2) is 0 Å². The van der Waals surface area contributed by atoms with Crippen LogP contribution in [0.1, 0.15) is 30.1 Å². The lowest BCUT2D eigenvalue weighted by molar-refractivity contribution is -0.139. The Kier molecular flexibility index (Phi) is 3.51. The predicted octanol–water partition coefficient (Wildman–Crippen LogP) is 1.22. The molecule has 4 nitrogen and oxygen atoms in total. The first-order chi connectivity index (χ1) is 7.81. The van der Waals surface area contributed by atoms with Crippen molar-refractivity contribution in [2.75, 3.05) is 13.7 Å². The number of methoxy groups -OCH3 is 1. The minimum atomic E-state index is -0.233. The molecular formula is C12H16N2O2. The summed E-state index contributed by atoms with van der Waals surface area (Å²) in [6, 6.07) is 4.25. The number of carbonyl (C=O) groups is 1. The van der Waals surface area contributed by atoms with Crippen LogP contribution in [0.5, 0.6) is 0 Å². The van der Waals surface area contributed by atoms with Gasteiger partial charge in [0, 0.05) is 6.20 Å². The van der Waals surface area contributed by atoms with Gasteiger partial charge in [0.2, 0.25) is 0 Å². The van der Waals surface area contributed by atoms with E-state index in [1.165, 1.54) is 12.7 Å². The minimum Gasteiger partial charge on any atom is -0.468 e. The second kappa shape index (κ2) is 5.07. The molecular weight excluding hydrogens is 204 g/mol. The summed E-state index contributed by atoms with van der Waals surface area (Å²) in [5.74, 6) is -0.233. The van der Waals surface area contributed by atoms with Crippen molar-refractivity contribution < 1.29 is 9.53 Å². The van der Waals surface area contributed by atoms with Gasteiger partial charge in [0.15, 0.2) is 0 Å². The van der Waals surface area contributed by atoms with Crippen molar-refractivity contribution >= 4 is 5.97 Å². The lowest BCUT2D eigenvalue weighted by Crippen LogP contribution is -2.31. The average Bonchev–Trinajstić information content (AvgIpc) is 2.35. The van der Waals surface area contributed by atoms with Crippen LogP contribution in [-0.4, -0.2) is 24.6 Å². The van der Waals surface area contributed by atoms with Gasteiger partial charge in [-0.15, -0.1) is 0 Å². The molecule has 1 atom stereocenters. The van der Waals surface area contributed by atoms with Crippen molar-refractivity contribution in [1.29, 1.82) is 0 Å². The highest BCUT2D eigenvalue weighted by Crippen LogP contribution is 2.27. The van der Waals surface area contributed by atoms with Crippen LogP contribution in [0.15, 0.2) is 18.3 Å². The molecule has 0 spiro atoms. The number of aromatic nitrogens is 1. The van der Waals surface area contributed by atoms with Crippen LogP contribution < -0.4 is 5.32 Å². The number of hydrogen-bond donors (Lipinski definition) is 1. The van der Waals surface area contributed by atoms with Gasteiger partial charge in [-0.2, -0.15) is 0 Å². The Morgan fingerprint density at radius 1 is 1.69 bits per heavy atom. The highest BCUT2D eigenvalue weighted by Gasteiger charge is 2.21. The van der Waals surface area contributed by atoms with Gasteiger partial charge in [0.05, 0.1) is 25.4 Å². The third-order valence-electron chi connectivity index (χ3n) is 2.92. The first-order valence-corrected chi connectivity index (χ1v) is 5.55. The second-order valence-corrected chi connectivity index (χ2v) is 3.95. The van der Waals surface area contributed by atoms with E-state index in [0.29, 0.717) is 0 Å². The smallest absolute Gasteiger partial charge is 0.319 e. The zero-order valence-electron chi connectivity index (χ0n) is 9.40. The number of nitrogens with one attached hydrogen (secondary N) is 1. The Bertz CT molecular complexity index is 379. The number of hydrogen-bond acceptors (Lipinski definition) is 4. The number of rotatable bonds is 3. The molecule has 16 heavy (non-hydrogen) atoms. The van der Waals surface area contributed by atoms with E-state index < -0.39 is 0 Å². The van der Waals surface area contributed by atoms with Gasteiger partial charge in [-0.3, -0.25) is 15.1 Å². The molecule has 0 aliphatic heterocycles. The van der Waals surface area contributed by atoms with Gasteiger partial charge < -0.3 is 4.74 Å². The van der Waals surface area contributed by atoms with Crippen molar-refractivity contribution in [2.45, 2.75) is 25.3 Å². The van der Waals surface area contributed by atoms with Crippen molar-refractivity contribution in [3.63, 3.8) is 0 Å². The molecule has 1 aliphatic carbocycles. The topological polar surface area (TPSA) is 51.2 Å². The van der Waals surface area contributed by atoms with Crippen molar-refractivity contribution in [1.82, 2.24) is 10.3 Å². The SMILES string of the molecule is COC(=O)CNC1CCCc2cccnc21. The fraction of sp³-hybridized carbons (Fsp3) is 0.500. The maximum absolute atomic E-state index is 11.1. The van der Waals surface area contributed by atoms with Crippen LogP contribution in [0, 0.1) is 0 Å². The molecule has 0 radical (unpaired) electrons. The van der Waals surface area contributed by atoms with Gasteiger partial charge in [0.25, 0.3) is 0 Å². The van der Waals surface area contributed by atoms with Crippen LogP contribution in [0.4, 0.5) is 0 Å². The Hall–Kier alpha value is -1.42. The summed E-state index contributed by atoms with van der Waals surface area (Å²) in [4.78, 5) is 15.5. The molecule has 2 rings (SSSR count). The van der Waals surface area contributed by atoms with Crippen LogP contribution >= 0.6 is 0 Å². The average molecular weight is 220 g/mol. The first-order valence-electron chi connectivity index (χ1n) is 5.55. The van der Waals surface area contributed by atoms with Crippen LogP contribution in [-0.2, 0) is 16.0 Å².